The molecule has 7 heteroatoms. The van der Waals surface area contributed by atoms with E-state index in [-0.39, 0.29) is 30.2 Å². The first-order valence-corrected chi connectivity index (χ1v) is 9.07. The summed E-state index contributed by atoms with van der Waals surface area (Å²) in [6.07, 6.45) is -0.148. The number of carbonyl (C=O) groups excluding carboxylic acids is 1. The van der Waals surface area contributed by atoms with Gasteiger partial charge in [0.1, 0.15) is 11.3 Å². The molecule has 1 aromatic heterocycles. The number of methoxy groups -OCH3 is 2. The summed E-state index contributed by atoms with van der Waals surface area (Å²) in [6, 6.07) is 8.63. The molecular formula is C22H23NO6. The Kier molecular flexibility index (Phi) is 5.77. The van der Waals surface area contributed by atoms with E-state index in [0.29, 0.717) is 28.0 Å². The molecule has 0 unspecified atom stereocenters. The molecule has 0 aliphatic heterocycles. The van der Waals surface area contributed by atoms with Crippen LogP contribution in [0.1, 0.15) is 22.3 Å². The molecule has 0 bridgehead atoms. The Labute approximate surface area is 167 Å². The minimum atomic E-state index is -0.582. The molecule has 0 spiro atoms. The Morgan fingerprint density at radius 1 is 1.10 bits per heavy atom. The molecule has 3 aromatic rings. The predicted molar refractivity (Wildman–Crippen MR) is 109 cm³/mol. The van der Waals surface area contributed by atoms with E-state index in [1.54, 1.807) is 52.3 Å². The molecule has 1 heterocycles. The molecule has 29 heavy (non-hydrogen) atoms. The fourth-order valence-electron chi connectivity index (χ4n) is 3.28. The summed E-state index contributed by atoms with van der Waals surface area (Å²) in [6.45, 7) is 3.76. The SMILES string of the molecule is COc1ccc(CNC(=O)Cc2c(C)c3c(O)cc(C)cc3oc2=O)cc1OC. The van der Waals surface area contributed by atoms with Gasteiger partial charge in [-0.2, -0.15) is 0 Å². The van der Waals surface area contributed by atoms with Crippen molar-refractivity contribution in [1.29, 1.82) is 0 Å². The maximum atomic E-state index is 12.4. The molecule has 0 atom stereocenters. The van der Waals surface area contributed by atoms with Gasteiger partial charge in [-0.05, 0) is 54.8 Å². The molecule has 0 aliphatic carbocycles. The largest absolute Gasteiger partial charge is 0.507 e. The molecule has 152 valence electrons. The number of ether oxygens (including phenoxy) is 2. The molecule has 7 nitrogen and oxygen atoms in total. The van der Waals surface area contributed by atoms with Crippen LogP contribution in [0.2, 0.25) is 0 Å². The summed E-state index contributed by atoms with van der Waals surface area (Å²) >= 11 is 0. The minimum absolute atomic E-state index is 0.0215. The lowest BCUT2D eigenvalue weighted by Gasteiger charge is -2.12. The summed E-state index contributed by atoms with van der Waals surface area (Å²) in [7, 11) is 3.09. The standard InChI is InChI=1S/C22H23NO6/c1-12-7-16(24)21-13(2)15(22(26)29-19(21)8-12)10-20(25)23-11-14-5-6-17(27-3)18(9-14)28-4/h5-9,24H,10-11H2,1-4H3,(H,23,25). The third-order valence-electron chi connectivity index (χ3n) is 4.78. The van der Waals surface area contributed by atoms with Gasteiger partial charge in [0.05, 0.1) is 31.6 Å². The zero-order valence-electron chi connectivity index (χ0n) is 16.8. The summed E-state index contributed by atoms with van der Waals surface area (Å²) in [4.78, 5) is 24.8. The van der Waals surface area contributed by atoms with Crippen molar-refractivity contribution >= 4 is 16.9 Å². The van der Waals surface area contributed by atoms with Crippen molar-refractivity contribution in [3.63, 3.8) is 0 Å². The summed E-state index contributed by atoms with van der Waals surface area (Å²) in [5.41, 5.74) is 2.08. The third kappa shape index (κ3) is 4.18. The number of aromatic hydroxyl groups is 1. The van der Waals surface area contributed by atoms with Crippen LogP contribution in [0.5, 0.6) is 17.2 Å². The molecule has 1 amide bonds. The number of hydrogen-bond donors (Lipinski definition) is 2. The highest BCUT2D eigenvalue weighted by atomic mass is 16.5. The quantitative estimate of drug-likeness (QED) is 0.621. The lowest BCUT2D eigenvalue weighted by Crippen LogP contribution is -2.27. The maximum Gasteiger partial charge on any atom is 0.340 e. The van der Waals surface area contributed by atoms with Crippen LogP contribution < -0.4 is 20.4 Å². The Morgan fingerprint density at radius 2 is 1.83 bits per heavy atom. The molecule has 0 fully saturated rings. The lowest BCUT2D eigenvalue weighted by atomic mass is 10.0. The number of aryl methyl sites for hydroxylation is 2. The first-order valence-electron chi connectivity index (χ1n) is 9.07. The van der Waals surface area contributed by atoms with E-state index >= 15 is 0 Å². The first-order chi connectivity index (χ1) is 13.8. The molecule has 0 aliphatic rings. The number of carbonyl (C=O) groups is 1. The van der Waals surface area contributed by atoms with Gasteiger partial charge in [-0.1, -0.05) is 6.07 Å². The van der Waals surface area contributed by atoms with Gasteiger partial charge in [0, 0.05) is 6.54 Å². The predicted octanol–water partition coefficient (Wildman–Crippen LogP) is 2.99. The molecule has 0 radical (unpaired) electrons. The number of phenols is 1. The monoisotopic (exact) mass is 397 g/mol. The topological polar surface area (TPSA) is 98.0 Å². The number of benzene rings is 2. The van der Waals surface area contributed by atoms with Crippen molar-refractivity contribution in [1.82, 2.24) is 5.32 Å². The second-order valence-corrected chi connectivity index (χ2v) is 6.79. The van der Waals surface area contributed by atoms with E-state index in [1.807, 2.05) is 6.07 Å². The lowest BCUT2D eigenvalue weighted by molar-refractivity contribution is -0.120. The van der Waals surface area contributed by atoms with Crippen LogP contribution in [0, 0.1) is 13.8 Å². The molecular weight excluding hydrogens is 374 g/mol. The van der Waals surface area contributed by atoms with Crippen molar-refractivity contribution in [2.24, 2.45) is 0 Å². The third-order valence-corrected chi connectivity index (χ3v) is 4.78. The van der Waals surface area contributed by atoms with Gasteiger partial charge in [-0.3, -0.25) is 4.79 Å². The average molecular weight is 397 g/mol. The Morgan fingerprint density at radius 3 is 2.52 bits per heavy atom. The van der Waals surface area contributed by atoms with Gasteiger partial charge in [-0.25, -0.2) is 4.79 Å². The number of phenolic OH excluding ortho intramolecular Hbond substituents is 1. The Balaban J connectivity index is 1.79. The van der Waals surface area contributed by atoms with Crippen LogP contribution in [0.15, 0.2) is 39.5 Å². The summed E-state index contributed by atoms with van der Waals surface area (Å²) in [5, 5.41) is 13.5. The molecule has 0 saturated heterocycles. The van der Waals surface area contributed by atoms with Gasteiger partial charge in [0.2, 0.25) is 5.91 Å². The van der Waals surface area contributed by atoms with E-state index in [4.69, 9.17) is 13.9 Å². The summed E-state index contributed by atoms with van der Waals surface area (Å²) < 4.78 is 15.8. The van der Waals surface area contributed by atoms with Crippen LogP contribution in [-0.4, -0.2) is 25.2 Å². The zero-order valence-corrected chi connectivity index (χ0v) is 16.8. The van der Waals surface area contributed by atoms with Crippen molar-refractivity contribution in [3.05, 3.63) is 63.0 Å². The highest BCUT2D eigenvalue weighted by Gasteiger charge is 2.17. The fraction of sp³-hybridized carbons (Fsp3) is 0.273. The van der Waals surface area contributed by atoms with E-state index in [1.165, 1.54) is 0 Å². The second kappa shape index (κ2) is 8.26. The van der Waals surface area contributed by atoms with Crippen LogP contribution in [0.25, 0.3) is 11.0 Å². The van der Waals surface area contributed by atoms with E-state index in [0.717, 1.165) is 11.1 Å². The van der Waals surface area contributed by atoms with Crippen LogP contribution >= 0.6 is 0 Å². The normalized spacial score (nSPS) is 10.8. The maximum absolute atomic E-state index is 12.4. The van der Waals surface area contributed by atoms with Gasteiger partial charge in [0.25, 0.3) is 0 Å². The van der Waals surface area contributed by atoms with Gasteiger partial charge >= 0.3 is 5.63 Å². The van der Waals surface area contributed by atoms with Gasteiger partial charge in [-0.15, -0.1) is 0 Å². The van der Waals surface area contributed by atoms with E-state index in [9.17, 15) is 14.7 Å². The van der Waals surface area contributed by atoms with Crippen LogP contribution in [-0.2, 0) is 17.8 Å². The van der Waals surface area contributed by atoms with Crippen LogP contribution in [0.3, 0.4) is 0 Å². The molecule has 2 N–H and O–H groups in total. The van der Waals surface area contributed by atoms with E-state index in [2.05, 4.69) is 5.32 Å². The van der Waals surface area contributed by atoms with Gasteiger partial charge < -0.3 is 24.3 Å². The Hall–Kier alpha value is -3.48. The molecule has 2 aromatic carbocycles. The second-order valence-electron chi connectivity index (χ2n) is 6.79. The highest BCUT2D eigenvalue weighted by molar-refractivity contribution is 5.89. The summed E-state index contributed by atoms with van der Waals surface area (Å²) in [5.74, 6) is 0.854. The fourth-order valence-corrected chi connectivity index (χ4v) is 3.28. The van der Waals surface area contributed by atoms with Crippen LogP contribution in [0.4, 0.5) is 0 Å². The van der Waals surface area contributed by atoms with Crippen molar-refractivity contribution in [3.8, 4) is 17.2 Å². The minimum Gasteiger partial charge on any atom is -0.507 e. The number of amides is 1. The van der Waals surface area contributed by atoms with Gasteiger partial charge in [0.15, 0.2) is 11.5 Å². The van der Waals surface area contributed by atoms with E-state index < -0.39 is 5.63 Å². The molecule has 0 saturated carbocycles. The number of nitrogens with one attached hydrogen (secondary N) is 1. The van der Waals surface area contributed by atoms with Crippen molar-refractivity contribution in [2.75, 3.05) is 14.2 Å². The average Bonchev–Trinajstić information content (AvgIpc) is 2.68. The first kappa shape index (κ1) is 20.3. The number of hydrogen-bond acceptors (Lipinski definition) is 6. The Bertz CT molecular complexity index is 1130. The number of fused-ring (bicyclic) bond motifs is 1. The number of rotatable bonds is 6. The molecule has 3 rings (SSSR count). The highest BCUT2D eigenvalue weighted by Crippen LogP contribution is 2.30. The smallest absolute Gasteiger partial charge is 0.340 e. The van der Waals surface area contributed by atoms with Crippen molar-refractivity contribution in [2.45, 2.75) is 26.8 Å². The zero-order chi connectivity index (χ0) is 21.1. The van der Waals surface area contributed by atoms with Crippen molar-refractivity contribution < 1.29 is 23.8 Å².